The van der Waals surface area contributed by atoms with Crippen LogP contribution in [0.4, 0.5) is 0 Å². The summed E-state index contributed by atoms with van der Waals surface area (Å²) < 4.78 is 12.1. The SMILES string of the molecule is C=Cc1ccccc1C[N+](C)(CCOC(=O)CCCCCCCCCCCCCCC)CCOC(=O)CCCCCCCCCCCCCCC. The van der Waals surface area contributed by atoms with Gasteiger partial charge in [-0.1, -0.05) is 205 Å². The lowest BCUT2D eigenvalue weighted by Gasteiger charge is -2.34. The first-order chi connectivity index (χ1) is 24.9. The van der Waals surface area contributed by atoms with Crippen LogP contribution >= 0.6 is 0 Å². The van der Waals surface area contributed by atoms with Gasteiger partial charge in [0, 0.05) is 18.4 Å². The number of benzene rings is 1. The summed E-state index contributed by atoms with van der Waals surface area (Å²) in [6, 6.07) is 8.30. The van der Waals surface area contributed by atoms with Crippen molar-refractivity contribution in [1.29, 1.82) is 0 Å². The van der Waals surface area contributed by atoms with Gasteiger partial charge in [-0.3, -0.25) is 9.59 Å². The number of likely N-dealkylation sites (N-methyl/N-ethyl adjacent to an activating group) is 1. The second-order valence-corrected chi connectivity index (χ2v) is 15.6. The molecule has 0 saturated carbocycles. The molecule has 0 saturated heterocycles. The highest BCUT2D eigenvalue weighted by Crippen LogP contribution is 2.19. The molecule has 0 aromatic heterocycles. The third kappa shape index (κ3) is 28.1. The van der Waals surface area contributed by atoms with Crippen LogP contribution in [0.15, 0.2) is 30.8 Å². The van der Waals surface area contributed by atoms with Gasteiger partial charge in [0.15, 0.2) is 0 Å². The maximum atomic E-state index is 12.5. The van der Waals surface area contributed by atoms with E-state index in [2.05, 4.69) is 45.7 Å². The van der Waals surface area contributed by atoms with Crippen LogP contribution in [0.1, 0.15) is 205 Å². The van der Waals surface area contributed by atoms with Crippen molar-refractivity contribution in [3.8, 4) is 0 Å². The van der Waals surface area contributed by atoms with E-state index in [4.69, 9.17) is 9.47 Å². The fourth-order valence-electron chi connectivity index (χ4n) is 7.04. The molecule has 294 valence electrons. The number of esters is 2. The molecule has 0 amide bonds. The minimum atomic E-state index is -0.0969. The first kappa shape index (κ1) is 46.9. The Labute approximate surface area is 316 Å². The molecular weight excluding hydrogens is 631 g/mol. The van der Waals surface area contributed by atoms with Crippen LogP contribution in [-0.2, 0) is 25.6 Å². The second kappa shape index (κ2) is 33.7. The van der Waals surface area contributed by atoms with Gasteiger partial charge in [-0.15, -0.1) is 0 Å². The van der Waals surface area contributed by atoms with E-state index in [0.717, 1.165) is 37.8 Å². The molecule has 0 bridgehead atoms. The van der Waals surface area contributed by atoms with Gasteiger partial charge in [0.1, 0.15) is 32.8 Å². The number of ether oxygens (including phenoxy) is 2. The molecule has 0 aliphatic rings. The zero-order valence-electron chi connectivity index (χ0n) is 34.0. The highest BCUT2D eigenvalue weighted by atomic mass is 16.5. The number of carbonyl (C=O) groups is 2. The highest BCUT2D eigenvalue weighted by molar-refractivity contribution is 5.69. The fourth-order valence-corrected chi connectivity index (χ4v) is 7.04. The predicted octanol–water partition coefficient (Wildman–Crippen LogP) is 13.3. The van der Waals surface area contributed by atoms with Crippen molar-refractivity contribution >= 4 is 18.0 Å². The summed E-state index contributed by atoms with van der Waals surface area (Å²) in [5.74, 6) is -0.194. The summed E-state index contributed by atoms with van der Waals surface area (Å²) in [6.07, 6.45) is 36.5. The first-order valence-electron chi connectivity index (χ1n) is 21.8. The first-order valence-corrected chi connectivity index (χ1v) is 21.8. The van der Waals surface area contributed by atoms with Crippen molar-refractivity contribution in [2.75, 3.05) is 33.4 Å². The molecule has 1 aromatic rings. The molecule has 0 radical (unpaired) electrons. The molecule has 0 unspecified atom stereocenters. The quantitative estimate of drug-likeness (QED) is 0.0391. The summed E-state index contributed by atoms with van der Waals surface area (Å²) in [6.45, 7) is 11.4. The zero-order chi connectivity index (χ0) is 37.1. The summed E-state index contributed by atoms with van der Waals surface area (Å²) in [4.78, 5) is 25.1. The van der Waals surface area contributed by atoms with E-state index in [9.17, 15) is 9.59 Å². The average molecular weight is 713 g/mol. The predicted molar refractivity (Wildman–Crippen MR) is 219 cm³/mol. The summed E-state index contributed by atoms with van der Waals surface area (Å²) in [5.41, 5.74) is 2.31. The van der Waals surface area contributed by atoms with Crippen molar-refractivity contribution in [2.24, 2.45) is 0 Å². The van der Waals surface area contributed by atoms with Gasteiger partial charge in [-0.25, -0.2) is 0 Å². The van der Waals surface area contributed by atoms with Crippen LogP contribution in [0.25, 0.3) is 6.08 Å². The Morgan fingerprint density at radius 1 is 0.549 bits per heavy atom. The molecule has 0 spiro atoms. The lowest BCUT2D eigenvalue weighted by Crippen LogP contribution is -2.48. The number of hydrogen-bond acceptors (Lipinski definition) is 4. The normalized spacial score (nSPS) is 11.5. The van der Waals surface area contributed by atoms with E-state index in [1.807, 2.05) is 12.1 Å². The Kier molecular flexibility index (Phi) is 31.0. The lowest BCUT2D eigenvalue weighted by atomic mass is 10.0. The van der Waals surface area contributed by atoms with Gasteiger partial charge in [0.25, 0.3) is 0 Å². The Bertz CT molecular complexity index is 928. The molecular formula is C46H82NO4+. The number of unbranched alkanes of at least 4 members (excludes halogenated alkanes) is 24. The van der Waals surface area contributed by atoms with Crippen molar-refractivity contribution in [3.63, 3.8) is 0 Å². The number of hydrogen-bond donors (Lipinski definition) is 0. The van der Waals surface area contributed by atoms with E-state index >= 15 is 0 Å². The van der Waals surface area contributed by atoms with Gasteiger partial charge in [0.2, 0.25) is 0 Å². The van der Waals surface area contributed by atoms with Crippen molar-refractivity contribution in [1.82, 2.24) is 0 Å². The summed E-state index contributed by atoms with van der Waals surface area (Å²) in [7, 11) is 2.17. The van der Waals surface area contributed by atoms with Crippen LogP contribution < -0.4 is 0 Å². The van der Waals surface area contributed by atoms with Gasteiger partial charge < -0.3 is 14.0 Å². The monoisotopic (exact) mass is 713 g/mol. The molecule has 1 rings (SSSR count). The van der Waals surface area contributed by atoms with Crippen LogP contribution in [-0.4, -0.2) is 49.8 Å². The third-order valence-electron chi connectivity index (χ3n) is 10.6. The molecule has 1 aromatic carbocycles. The standard InChI is InChI=1S/C46H82NO4/c1-5-8-10-12-14-16-18-20-22-24-26-28-30-36-45(48)50-40-38-47(4,42-44-35-33-32-34-43(44)7-3)39-41-51-46(49)37-31-29-27-25-23-21-19-17-15-13-11-9-6-2/h7,32-35H,3,5-6,8-31,36-42H2,1-2,4H3/q+1. The number of rotatable bonds is 37. The Hall–Kier alpha value is -2.14. The van der Waals surface area contributed by atoms with Gasteiger partial charge >= 0.3 is 11.9 Å². The molecule has 0 fully saturated rings. The molecule has 0 aliphatic carbocycles. The maximum Gasteiger partial charge on any atom is 0.305 e. The topological polar surface area (TPSA) is 52.6 Å². The minimum Gasteiger partial charge on any atom is -0.460 e. The van der Waals surface area contributed by atoms with E-state index in [0.29, 0.717) is 43.6 Å². The van der Waals surface area contributed by atoms with Crippen LogP contribution in [0.3, 0.4) is 0 Å². The van der Waals surface area contributed by atoms with Crippen molar-refractivity contribution in [2.45, 2.75) is 200 Å². The number of carbonyl (C=O) groups excluding carboxylic acids is 2. The molecule has 51 heavy (non-hydrogen) atoms. The third-order valence-corrected chi connectivity index (χ3v) is 10.6. The van der Waals surface area contributed by atoms with Crippen LogP contribution in [0, 0.1) is 0 Å². The van der Waals surface area contributed by atoms with Crippen LogP contribution in [0.2, 0.25) is 0 Å². The largest absolute Gasteiger partial charge is 0.460 e. The molecule has 5 nitrogen and oxygen atoms in total. The maximum absolute atomic E-state index is 12.5. The van der Waals surface area contributed by atoms with E-state index < -0.39 is 0 Å². The molecule has 0 atom stereocenters. The van der Waals surface area contributed by atoms with Crippen molar-refractivity contribution < 1.29 is 23.5 Å². The molecule has 5 heteroatoms. The minimum absolute atomic E-state index is 0.0969. The second-order valence-electron chi connectivity index (χ2n) is 15.6. The molecule has 0 N–H and O–H groups in total. The molecule has 0 aliphatic heterocycles. The number of nitrogens with zero attached hydrogens (tertiary/aromatic N) is 1. The zero-order valence-corrected chi connectivity index (χ0v) is 34.0. The van der Waals surface area contributed by atoms with E-state index in [-0.39, 0.29) is 11.9 Å². The number of quaternary nitrogens is 1. The van der Waals surface area contributed by atoms with Gasteiger partial charge in [0.05, 0.1) is 7.05 Å². The highest BCUT2D eigenvalue weighted by Gasteiger charge is 2.24. The Balaban J connectivity index is 2.27. The van der Waals surface area contributed by atoms with Crippen molar-refractivity contribution in [3.05, 3.63) is 42.0 Å². The van der Waals surface area contributed by atoms with E-state index in [1.54, 1.807) is 0 Å². The smallest absolute Gasteiger partial charge is 0.305 e. The Morgan fingerprint density at radius 2 is 0.882 bits per heavy atom. The van der Waals surface area contributed by atoms with Crippen LogP contribution in [0.5, 0.6) is 0 Å². The van der Waals surface area contributed by atoms with Gasteiger partial charge in [-0.2, -0.15) is 0 Å². The summed E-state index contributed by atoms with van der Waals surface area (Å²) in [5, 5.41) is 0. The average Bonchev–Trinajstić information content (AvgIpc) is 3.12. The van der Waals surface area contributed by atoms with Gasteiger partial charge in [-0.05, 0) is 18.4 Å². The fraction of sp³-hybridized carbons (Fsp3) is 0.783. The summed E-state index contributed by atoms with van der Waals surface area (Å²) >= 11 is 0. The van der Waals surface area contributed by atoms with E-state index in [1.165, 1.54) is 147 Å². The Morgan fingerprint density at radius 3 is 1.24 bits per heavy atom. The lowest BCUT2D eigenvalue weighted by molar-refractivity contribution is -0.922. The molecule has 0 heterocycles.